The second-order valence-electron chi connectivity index (χ2n) is 5.35. The molecule has 0 saturated carbocycles. The minimum absolute atomic E-state index is 0.295. The van der Waals surface area contributed by atoms with Gasteiger partial charge in [0.2, 0.25) is 0 Å². The average Bonchev–Trinajstić information content (AvgIpc) is 2.37. The van der Waals surface area contributed by atoms with Crippen LogP contribution in [-0.4, -0.2) is 28.8 Å². The molecular formula is C15H23NOS. The lowest BCUT2D eigenvalue weighted by molar-refractivity contribution is 0.0300. The molecule has 2 nitrogen and oxygen atoms in total. The van der Waals surface area contributed by atoms with E-state index in [1.807, 2.05) is 11.8 Å². The Bertz CT molecular complexity index is 388. The van der Waals surface area contributed by atoms with Crippen molar-refractivity contribution in [2.45, 2.75) is 38.3 Å². The van der Waals surface area contributed by atoms with Gasteiger partial charge in [-0.3, -0.25) is 0 Å². The van der Waals surface area contributed by atoms with E-state index in [0.717, 1.165) is 24.3 Å². The fourth-order valence-electron chi connectivity index (χ4n) is 2.33. The largest absolute Gasteiger partial charge is 0.389 e. The van der Waals surface area contributed by atoms with Crippen molar-refractivity contribution in [3.63, 3.8) is 0 Å². The monoisotopic (exact) mass is 265 g/mol. The fourth-order valence-corrected chi connectivity index (χ4v) is 3.58. The first kappa shape index (κ1) is 13.9. The molecule has 0 radical (unpaired) electrons. The molecule has 1 unspecified atom stereocenters. The van der Waals surface area contributed by atoms with Gasteiger partial charge in [0.15, 0.2) is 0 Å². The van der Waals surface area contributed by atoms with Gasteiger partial charge in [0, 0.05) is 12.6 Å². The summed E-state index contributed by atoms with van der Waals surface area (Å²) in [4.78, 5) is 0. The van der Waals surface area contributed by atoms with Gasteiger partial charge in [-0.2, -0.15) is 11.8 Å². The lowest BCUT2D eigenvalue weighted by Gasteiger charge is -2.33. The predicted octanol–water partition coefficient (Wildman–Crippen LogP) is 2.90. The molecule has 0 amide bonds. The van der Waals surface area contributed by atoms with Gasteiger partial charge in [-0.15, -0.1) is 0 Å². The standard InChI is InChI=1S/C15H23NOS/c1-12-4-3-5-14(10-12)13(2)16-11-15(17)6-8-18-9-7-15/h3-5,10,13,16-17H,6-9,11H2,1-2H3. The molecule has 100 valence electrons. The van der Waals surface area contributed by atoms with E-state index in [1.165, 1.54) is 11.1 Å². The Morgan fingerprint density at radius 3 is 2.78 bits per heavy atom. The molecule has 2 N–H and O–H groups in total. The molecule has 1 heterocycles. The van der Waals surface area contributed by atoms with Crippen molar-refractivity contribution in [2.75, 3.05) is 18.1 Å². The van der Waals surface area contributed by atoms with E-state index in [1.54, 1.807) is 0 Å². The van der Waals surface area contributed by atoms with E-state index < -0.39 is 5.60 Å². The maximum absolute atomic E-state index is 10.4. The Hall–Kier alpha value is -0.510. The van der Waals surface area contributed by atoms with Crippen molar-refractivity contribution >= 4 is 11.8 Å². The highest BCUT2D eigenvalue weighted by Crippen LogP contribution is 2.27. The van der Waals surface area contributed by atoms with Gasteiger partial charge >= 0.3 is 0 Å². The van der Waals surface area contributed by atoms with Crippen LogP contribution in [0.1, 0.15) is 36.9 Å². The van der Waals surface area contributed by atoms with E-state index in [9.17, 15) is 5.11 Å². The molecule has 0 bridgehead atoms. The Kier molecular flexibility index (Phi) is 4.71. The number of hydrogen-bond acceptors (Lipinski definition) is 3. The molecule has 1 atom stereocenters. The highest BCUT2D eigenvalue weighted by Gasteiger charge is 2.29. The fraction of sp³-hybridized carbons (Fsp3) is 0.600. The maximum atomic E-state index is 10.4. The molecule has 0 spiro atoms. The first-order chi connectivity index (χ1) is 8.59. The van der Waals surface area contributed by atoms with Crippen molar-refractivity contribution in [2.24, 2.45) is 0 Å². The smallest absolute Gasteiger partial charge is 0.0787 e. The third kappa shape index (κ3) is 3.74. The lowest BCUT2D eigenvalue weighted by atomic mass is 9.96. The second kappa shape index (κ2) is 6.09. The van der Waals surface area contributed by atoms with Gasteiger partial charge in [-0.25, -0.2) is 0 Å². The molecule has 1 aliphatic heterocycles. The van der Waals surface area contributed by atoms with E-state index >= 15 is 0 Å². The van der Waals surface area contributed by atoms with Crippen molar-refractivity contribution < 1.29 is 5.11 Å². The number of hydrogen-bond donors (Lipinski definition) is 2. The number of benzene rings is 1. The van der Waals surface area contributed by atoms with E-state index in [2.05, 4.69) is 43.4 Å². The summed E-state index contributed by atoms with van der Waals surface area (Å²) in [5, 5.41) is 13.9. The van der Waals surface area contributed by atoms with Gasteiger partial charge in [0.05, 0.1) is 5.60 Å². The summed E-state index contributed by atoms with van der Waals surface area (Å²) in [7, 11) is 0. The van der Waals surface area contributed by atoms with Crippen LogP contribution in [0.25, 0.3) is 0 Å². The first-order valence-electron chi connectivity index (χ1n) is 6.69. The number of rotatable bonds is 4. The SMILES string of the molecule is Cc1cccc(C(C)NCC2(O)CCSCC2)c1. The van der Waals surface area contributed by atoms with Crippen LogP contribution in [0.5, 0.6) is 0 Å². The third-order valence-electron chi connectivity index (χ3n) is 3.70. The zero-order valence-corrected chi connectivity index (χ0v) is 12.1. The Morgan fingerprint density at radius 1 is 1.39 bits per heavy atom. The molecule has 18 heavy (non-hydrogen) atoms. The topological polar surface area (TPSA) is 32.3 Å². The lowest BCUT2D eigenvalue weighted by Crippen LogP contribution is -2.44. The molecule has 3 heteroatoms. The summed E-state index contributed by atoms with van der Waals surface area (Å²) in [6, 6.07) is 8.85. The zero-order valence-electron chi connectivity index (χ0n) is 11.3. The summed E-state index contributed by atoms with van der Waals surface area (Å²) in [5.74, 6) is 2.16. The van der Waals surface area contributed by atoms with Crippen LogP contribution < -0.4 is 5.32 Å². The molecule has 2 rings (SSSR count). The second-order valence-corrected chi connectivity index (χ2v) is 6.58. The normalized spacial score (nSPS) is 20.6. The average molecular weight is 265 g/mol. The van der Waals surface area contributed by atoms with Crippen LogP contribution in [-0.2, 0) is 0 Å². The highest BCUT2D eigenvalue weighted by atomic mass is 32.2. The molecule has 1 aromatic rings. The van der Waals surface area contributed by atoms with E-state index in [0.29, 0.717) is 12.6 Å². The van der Waals surface area contributed by atoms with E-state index in [4.69, 9.17) is 0 Å². The molecular weight excluding hydrogens is 242 g/mol. The Balaban J connectivity index is 1.89. The first-order valence-corrected chi connectivity index (χ1v) is 7.85. The maximum Gasteiger partial charge on any atom is 0.0787 e. The summed E-state index contributed by atoms with van der Waals surface area (Å²) in [5.41, 5.74) is 2.08. The van der Waals surface area contributed by atoms with Crippen molar-refractivity contribution in [3.8, 4) is 0 Å². The van der Waals surface area contributed by atoms with Gasteiger partial charge < -0.3 is 10.4 Å². The summed E-state index contributed by atoms with van der Waals surface area (Å²) in [6.45, 7) is 4.97. The Morgan fingerprint density at radius 2 is 2.11 bits per heavy atom. The zero-order chi connectivity index (χ0) is 13.0. The molecule has 1 aromatic carbocycles. The predicted molar refractivity (Wildman–Crippen MR) is 79.1 cm³/mol. The number of thioether (sulfide) groups is 1. The van der Waals surface area contributed by atoms with Crippen LogP contribution in [0.4, 0.5) is 0 Å². The molecule has 0 aromatic heterocycles. The van der Waals surface area contributed by atoms with Crippen LogP contribution >= 0.6 is 11.8 Å². The quantitative estimate of drug-likeness (QED) is 0.878. The van der Waals surface area contributed by atoms with Crippen molar-refractivity contribution in [3.05, 3.63) is 35.4 Å². The van der Waals surface area contributed by atoms with E-state index in [-0.39, 0.29) is 0 Å². The molecule has 1 aliphatic rings. The van der Waals surface area contributed by atoms with Gasteiger partial charge in [-0.05, 0) is 43.8 Å². The minimum Gasteiger partial charge on any atom is -0.389 e. The van der Waals surface area contributed by atoms with Crippen LogP contribution in [0, 0.1) is 6.92 Å². The number of aryl methyl sites for hydroxylation is 1. The number of aliphatic hydroxyl groups is 1. The summed E-state index contributed by atoms with van der Waals surface area (Å²) >= 11 is 1.94. The van der Waals surface area contributed by atoms with Gasteiger partial charge in [-0.1, -0.05) is 29.8 Å². The van der Waals surface area contributed by atoms with Crippen molar-refractivity contribution in [1.82, 2.24) is 5.32 Å². The van der Waals surface area contributed by atoms with Crippen LogP contribution in [0.2, 0.25) is 0 Å². The third-order valence-corrected chi connectivity index (χ3v) is 4.69. The highest BCUT2D eigenvalue weighted by molar-refractivity contribution is 7.99. The molecule has 0 aliphatic carbocycles. The van der Waals surface area contributed by atoms with Gasteiger partial charge in [0.1, 0.15) is 0 Å². The summed E-state index contributed by atoms with van der Waals surface area (Å²) in [6.07, 6.45) is 1.82. The minimum atomic E-state index is -0.497. The Labute approximate surface area is 114 Å². The number of nitrogens with one attached hydrogen (secondary N) is 1. The summed E-state index contributed by atoms with van der Waals surface area (Å²) < 4.78 is 0. The van der Waals surface area contributed by atoms with Crippen LogP contribution in [0.3, 0.4) is 0 Å². The van der Waals surface area contributed by atoms with Gasteiger partial charge in [0.25, 0.3) is 0 Å². The molecule has 1 saturated heterocycles. The van der Waals surface area contributed by atoms with Crippen LogP contribution in [0.15, 0.2) is 24.3 Å². The molecule has 1 fully saturated rings. The van der Waals surface area contributed by atoms with Crippen molar-refractivity contribution in [1.29, 1.82) is 0 Å².